The third kappa shape index (κ3) is 5.76. The predicted molar refractivity (Wildman–Crippen MR) is 108 cm³/mol. The summed E-state index contributed by atoms with van der Waals surface area (Å²) in [7, 11) is 0. The summed E-state index contributed by atoms with van der Waals surface area (Å²) < 4.78 is 25.5. The Balaban J connectivity index is 1.53. The van der Waals surface area contributed by atoms with Crippen LogP contribution in [0.15, 0.2) is 16.9 Å². The Hall–Kier alpha value is -2.48. The van der Waals surface area contributed by atoms with Gasteiger partial charge in [0.2, 0.25) is 0 Å². The van der Waals surface area contributed by atoms with Crippen LogP contribution in [0.3, 0.4) is 0 Å². The lowest BCUT2D eigenvalue weighted by Crippen LogP contribution is -2.40. The molecule has 29 heavy (non-hydrogen) atoms. The first-order valence-corrected chi connectivity index (χ1v) is 9.88. The zero-order valence-corrected chi connectivity index (χ0v) is 17.4. The second-order valence-electron chi connectivity index (χ2n) is 8.57. The minimum atomic E-state index is -0.640. The third-order valence-electron chi connectivity index (χ3n) is 4.82. The van der Waals surface area contributed by atoms with E-state index >= 15 is 0 Å². The molecule has 1 fully saturated rings. The first-order valence-electron chi connectivity index (χ1n) is 9.88. The lowest BCUT2D eigenvalue weighted by Gasteiger charge is -2.31. The molecule has 1 saturated heterocycles. The van der Waals surface area contributed by atoms with Gasteiger partial charge in [-0.05, 0) is 59.5 Å². The SMILES string of the molecule is Cc1nc2cc(OCC3CCN(CC(=O)OC(C)(C)C)CC3)cc(F)c2c(=O)[nH]1. The highest BCUT2D eigenvalue weighted by molar-refractivity contribution is 5.79. The number of ether oxygens (including phenoxy) is 2. The maximum Gasteiger partial charge on any atom is 0.320 e. The Morgan fingerprint density at radius 1 is 1.31 bits per heavy atom. The molecule has 1 aliphatic rings. The number of piperidine rings is 1. The molecule has 1 aromatic heterocycles. The van der Waals surface area contributed by atoms with Gasteiger partial charge in [-0.2, -0.15) is 0 Å². The molecule has 1 N–H and O–H groups in total. The number of aromatic nitrogens is 2. The van der Waals surface area contributed by atoms with Gasteiger partial charge in [0.15, 0.2) is 0 Å². The summed E-state index contributed by atoms with van der Waals surface area (Å²) in [5.41, 5.74) is -0.682. The molecule has 1 aliphatic heterocycles. The van der Waals surface area contributed by atoms with Gasteiger partial charge in [-0.25, -0.2) is 9.37 Å². The Morgan fingerprint density at radius 2 is 2.00 bits per heavy atom. The average molecular weight is 405 g/mol. The van der Waals surface area contributed by atoms with Crippen molar-refractivity contribution in [3.05, 3.63) is 34.1 Å². The van der Waals surface area contributed by atoms with Gasteiger partial charge in [-0.3, -0.25) is 14.5 Å². The highest BCUT2D eigenvalue weighted by Crippen LogP contribution is 2.23. The van der Waals surface area contributed by atoms with E-state index in [1.54, 1.807) is 13.0 Å². The van der Waals surface area contributed by atoms with Crippen molar-refractivity contribution in [2.45, 2.75) is 46.1 Å². The van der Waals surface area contributed by atoms with Crippen LogP contribution in [0.4, 0.5) is 4.39 Å². The molecule has 158 valence electrons. The number of likely N-dealkylation sites (tertiary alicyclic amines) is 1. The molecule has 0 spiro atoms. The van der Waals surface area contributed by atoms with Crippen LogP contribution in [0.1, 0.15) is 39.4 Å². The zero-order chi connectivity index (χ0) is 21.2. The number of fused-ring (bicyclic) bond motifs is 1. The monoisotopic (exact) mass is 405 g/mol. The smallest absolute Gasteiger partial charge is 0.320 e. The van der Waals surface area contributed by atoms with Crippen LogP contribution in [-0.4, -0.2) is 52.7 Å². The molecular formula is C21H28FN3O4. The Kier molecular flexibility index (Phi) is 6.21. The van der Waals surface area contributed by atoms with Crippen LogP contribution in [0, 0.1) is 18.7 Å². The number of carbonyl (C=O) groups is 1. The molecule has 0 aliphatic carbocycles. The Labute approximate surface area is 169 Å². The number of nitrogens with zero attached hydrogens (tertiary/aromatic N) is 2. The Bertz CT molecular complexity index is 943. The van der Waals surface area contributed by atoms with Gasteiger partial charge in [-0.1, -0.05) is 0 Å². The number of hydrogen-bond acceptors (Lipinski definition) is 6. The summed E-state index contributed by atoms with van der Waals surface area (Å²) in [5, 5.41) is -0.0570. The van der Waals surface area contributed by atoms with Crippen LogP contribution >= 0.6 is 0 Å². The lowest BCUT2D eigenvalue weighted by atomic mass is 9.98. The number of aromatic amines is 1. The number of hydrogen-bond donors (Lipinski definition) is 1. The van der Waals surface area contributed by atoms with Gasteiger partial charge in [-0.15, -0.1) is 0 Å². The van der Waals surface area contributed by atoms with Crippen molar-refractivity contribution in [1.29, 1.82) is 0 Å². The number of esters is 1. The van der Waals surface area contributed by atoms with Crippen molar-refractivity contribution in [2.24, 2.45) is 5.92 Å². The van der Waals surface area contributed by atoms with E-state index in [4.69, 9.17) is 9.47 Å². The summed E-state index contributed by atoms with van der Waals surface area (Å²) in [6.07, 6.45) is 1.77. The van der Waals surface area contributed by atoms with E-state index in [0.29, 0.717) is 30.6 Å². The quantitative estimate of drug-likeness (QED) is 0.770. The molecule has 0 bridgehead atoms. The van der Waals surface area contributed by atoms with Crippen LogP contribution in [0.2, 0.25) is 0 Å². The van der Waals surface area contributed by atoms with Crippen molar-refractivity contribution in [1.82, 2.24) is 14.9 Å². The summed E-state index contributed by atoms with van der Waals surface area (Å²) in [6.45, 7) is 9.54. The van der Waals surface area contributed by atoms with Gasteiger partial charge in [0.25, 0.3) is 5.56 Å². The third-order valence-corrected chi connectivity index (χ3v) is 4.82. The van der Waals surface area contributed by atoms with Crippen LogP contribution < -0.4 is 10.3 Å². The molecular weight excluding hydrogens is 377 g/mol. The van der Waals surface area contributed by atoms with Gasteiger partial charge in [0.05, 0.1) is 18.7 Å². The number of carbonyl (C=O) groups excluding carboxylic acids is 1. The van der Waals surface area contributed by atoms with Gasteiger partial charge >= 0.3 is 5.97 Å². The molecule has 0 amide bonds. The average Bonchev–Trinajstić information content (AvgIpc) is 2.58. The lowest BCUT2D eigenvalue weighted by molar-refractivity contribution is -0.156. The molecule has 7 nitrogen and oxygen atoms in total. The summed E-state index contributed by atoms with van der Waals surface area (Å²) in [4.78, 5) is 32.6. The number of aryl methyl sites for hydroxylation is 1. The molecule has 8 heteroatoms. The van der Waals surface area contributed by atoms with Crippen LogP contribution in [0.5, 0.6) is 5.75 Å². The number of halogens is 1. The summed E-state index contributed by atoms with van der Waals surface area (Å²) in [5.74, 6) is 0.257. The number of benzene rings is 1. The normalized spacial score (nSPS) is 16.2. The fraction of sp³-hybridized carbons (Fsp3) is 0.571. The van der Waals surface area contributed by atoms with Crippen molar-refractivity contribution < 1.29 is 18.7 Å². The minimum Gasteiger partial charge on any atom is -0.493 e. The predicted octanol–water partition coefficient (Wildman–Crippen LogP) is 2.80. The van der Waals surface area contributed by atoms with E-state index in [0.717, 1.165) is 25.9 Å². The maximum atomic E-state index is 14.3. The fourth-order valence-electron chi connectivity index (χ4n) is 3.48. The standard InChI is InChI=1S/C21H28FN3O4/c1-13-23-17-10-15(9-16(22)19(17)20(27)24-13)28-12-14-5-7-25(8-6-14)11-18(26)29-21(2,3)4/h9-10,14H,5-8,11-12H2,1-4H3,(H,23,24,27). The minimum absolute atomic E-state index is 0.0570. The van der Waals surface area contributed by atoms with Crippen molar-refractivity contribution >= 4 is 16.9 Å². The van der Waals surface area contributed by atoms with Gasteiger partial charge in [0, 0.05) is 12.1 Å². The fourth-order valence-corrected chi connectivity index (χ4v) is 3.48. The number of nitrogens with one attached hydrogen (secondary N) is 1. The van der Waals surface area contributed by atoms with E-state index in [1.807, 2.05) is 20.8 Å². The molecule has 0 unspecified atom stereocenters. The molecule has 0 radical (unpaired) electrons. The first kappa shape index (κ1) is 21.2. The summed E-state index contributed by atoms with van der Waals surface area (Å²) >= 11 is 0. The molecule has 0 saturated carbocycles. The maximum absolute atomic E-state index is 14.3. The van der Waals surface area contributed by atoms with E-state index < -0.39 is 17.0 Å². The van der Waals surface area contributed by atoms with E-state index in [1.165, 1.54) is 6.07 Å². The highest BCUT2D eigenvalue weighted by atomic mass is 19.1. The zero-order valence-electron chi connectivity index (χ0n) is 17.4. The number of rotatable bonds is 5. The molecule has 3 rings (SSSR count). The van der Waals surface area contributed by atoms with Gasteiger partial charge in [0.1, 0.15) is 28.4 Å². The van der Waals surface area contributed by atoms with E-state index in [9.17, 15) is 14.0 Å². The Morgan fingerprint density at radius 3 is 2.66 bits per heavy atom. The highest BCUT2D eigenvalue weighted by Gasteiger charge is 2.24. The second kappa shape index (κ2) is 8.49. The molecule has 1 aromatic carbocycles. The van der Waals surface area contributed by atoms with Crippen molar-refractivity contribution in [2.75, 3.05) is 26.2 Å². The van der Waals surface area contributed by atoms with Crippen LogP contribution in [-0.2, 0) is 9.53 Å². The first-order chi connectivity index (χ1) is 13.6. The van der Waals surface area contributed by atoms with Crippen LogP contribution in [0.25, 0.3) is 10.9 Å². The molecule has 2 heterocycles. The molecule has 2 aromatic rings. The largest absolute Gasteiger partial charge is 0.493 e. The van der Waals surface area contributed by atoms with Crippen molar-refractivity contribution in [3.63, 3.8) is 0 Å². The molecule has 0 atom stereocenters. The summed E-state index contributed by atoms with van der Waals surface area (Å²) in [6, 6.07) is 2.82. The van der Waals surface area contributed by atoms with E-state index in [-0.39, 0.29) is 16.9 Å². The van der Waals surface area contributed by atoms with Crippen molar-refractivity contribution in [3.8, 4) is 5.75 Å². The van der Waals surface area contributed by atoms with E-state index in [2.05, 4.69) is 14.9 Å². The number of H-pyrrole nitrogens is 1. The topological polar surface area (TPSA) is 84.5 Å². The van der Waals surface area contributed by atoms with Gasteiger partial charge < -0.3 is 14.5 Å². The second-order valence-corrected chi connectivity index (χ2v) is 8.57.